The van der Waals surface area contributed by atoms with Crippen molar-refractivity contribution in [1.29, 1.82) is 0 Å². The molecule has 1 aromatic heterocycles. The fourth-order valence-electron chi connectivity index (χ4n) is 2.21. The summed E-state index contributed by atoms with van der Waals surface area (Å²) in [5.41, 5.74) is 2.06. The number of aromatic hydroxyl groups is 1. The first-order valence-electron chi connectivity index (χ1n) is 6.69. The lowest BCUT2D eigenvalue weighted by Crippen LogP contribution is -2.00. The van der Waals surface area contributed by atoms with Crippen LogP contribution < -0.4 is 5.32 Å². The van der Waals surface area contributed by atoms with E-state index in [1.165, 1.54) is 12.1 Å². The van der Waals surface area contributed by atoms with Gasteiger partial charge in [-0.2, -0.15) is 0 Å². The highest BCUT2D eigenvalue weighted by atomic mass is 16.6. The third kappa shape index (κ3) is 2.67. The number of nitro groups is 1. The average molecular weight is 295 g/mol. The molecular formula is C16H13N3O3. The van der Waals surface area contributed by atoms with Gasteiger partial charge in [0, 0.05) is 41.5 Å². The Hall–Kier alpha value is -3.15. The van der Waals surface area contributed by atoms with Crippen LogP contribution in [0.4, 0.5) is 11.4 Å². The third-order valence-electron chi connectivity index (χ3n) is 3.39. The predicted molar refractivity (Wildman–Crippen MR) is 83.8 cm³/mol. The Morgan fingerprint density at radius 1 is 1.14 bits per heavy atom. The van der Waals surface area contributed by atoms with Gasteiger partial charge in [-0.3, -0.25) is 15.1 Å². The predicted octanol–water partition coefficient (Wildman–Crippen LogP) is 3.46. The molecule has 0 saturated carbocycles. The van der Waals surface area contributed by atoms with E-state index >= 15 is 0 Å². The number of phenolic OH excluding ortho intramolecular Hbond substituents is 1. The van der Waals surface area contributed by atoms with Crippen LogP contribution in [0.15, 0.2) is 54.7 Å². The van der Waals surface area contributed by atoms with Gasteiger partial charge in [-0.1, -0.05) is 18.2 Å². The van der Waals surface area contributed by atoms with E-state index in [4.69, 9.17) is 0 Å². The number of non-ortho nitro benzene ring substituents is 1. The number of aromatic nitrogens is 1. The first kappa shape index (κ1) is 13.8. The highest BCUT2D eigenvalue weighted by molar-refractivity contribution is 5.85. The van der Waals surface area contributed by atoms with E-state index in [0.29, 0.717) is 17.6 Å². The molecule has 0 fully saturated rings. The summed E-state index contributed by atoms with van der Waals surface area (Å²) in [6.07, 6.45) is 1.63. The first-order chi connectivity index (χ1) is 10.6. The van der Waals surface area contributed by atoms with Crippen LogP contribution in [-0.2, 0) is 6.54 Å². The zero-order chi connectivity index (χ0) is 15.5. The molecule has 110 valence electrons. The Morgan fingerprint density at radius 2 is 1.91 bits per heavy atom. The van der Waals surface area contributed by atoms with Crippen molar-refractivity contribution in [3.8, 4) is 5.75 Å². The molecule has 0 amide bonds. The summed E-state index contributed by atoms with van der Waals surface area (Å²) in [6.45, 7) is 0.399. The number of nitro benzene ring substituents is 1. The number of benzene rings is 2. The monoisotopic (exact) mass is 295 g/mol. The van der Waals surface area contributed by atoms with Crippen LogP contribution in [-0.4, -0.2) is 15.0 Å². The van der Waals surface area contributed by atoms with Gasteiger partial charge in [0.2, 0.25) is 0 Å². The van der Waals surface area contributed by atoms with Crippen LogP contribution in [0.2, 0.25) is 0 Å². The minimum atomic E-state index is -0.440. The van der Waals surface area contributed by atoms with Crippen molar-refractivity contribution in [3.05, 3.63) is 70.4 Å². The maximum atomic E-state index is 10.6. The normalized spacial score (nSPS) is 10.5. The van der Waals surface area contributed by atoms with Crippen LogP contribution in [0.5, 0.6) is 5.75 Å². The molecule has 3 rings (SSSR count). The van der Waals surface area contributed by atoms with E-state index in [1.54, 1.807) is 18.3 Å². The van der Waals surface area contributed by atoms with Gasteiger partial charge in [0.25, 0.3) is 5.69 Å². The van der Waals surface area contributed by atoms with E-state index in [-0.39, 0.29) is 11.4 Å². The van der Waals surface area contributed by atoms with Crippen molar-refractivity contribution >= 4 is 22.3 Å². The standard InChI is InChI=1S/C16H13N3O3/c20-16-12(4-3-11-2-1-9-17-15(11)16)10-18-13-5-7-14(8-6-13)19(21)22/h1-9,18,20H,10H2. The average Bonchev–Trinajstić information content (AvgIpc) is 2.55. The van der Waals surface area contributed by atoms with Crippen LogP contribution in [0.3, 0.4) is 0 Å². The Bertz CT molecular complexity index is 832. The number of anilines is 1. The van der Waals surface area contributed by atoms with Gasteiger partial charge in [-0.05, 0) is 18.2 Å². The molecule has 2 aromatic carbocycles. The number of pyridine rings is 1. The second-order valence-corrected chi connectivity index (χ2v) is 4.81. The second-order valence-electron chi connectivity index (χ2n) is 4.81. The Balaban J connectivity index is 1.79. The first-order valence-corrected chi connectivity index (χ1v) is 6.69. The summed E-state index contributed by atoms with van der Waals surface area (Å²) in [5, 5.41) is 24.9. The summed E-state index contributed by atoms with van der Waals surface area (Å²) in [5.74, 6) is 0.146. The topological polar surface area (TPSA) is 88.3 Å². The minimum absolute atomic E-state index is 0.0447. The molecule has 0 bridgehead atoms. The highest BCUT2D eigenvalue weighted by Gasteiger charge is 2.08. The van der Waals surface area contributed by atoms with Crippen molar-refractivity contribution in [2.75, 3.05) is 5.32 Å². The van der Waals surface area contributed by atoms with Gasteiger partial charge >= 0.3 is 0 Å². The molecule has 1 heterocycles. The quantitative estimate of drug-likeness (QED) is 0.568. The summed E-state index contributed by atoms with van der Waals surface area (Å²) < 4.78 is 0. The van der Waals surface area contributed by atoms with Gasteiger partial charge in [0.05, 0.1) is 4.92 Å². The summed E-state index contributed by atoms with van der Waals surface area (Å²) >= 11 is 0. The van der Waals surface area contributed by atoms with E-state index in [0.717, 1.165) is 11.1 Å². The maximum Gasteiger partial charge on any atom is 0.269 e. The fourth-order valence-corrected chi connectivity index (χ4v) is 2.21. The fraction of sp³-hybridized carbons (Fsp3) is 0.0625. The molecular weight excluding hydrogens is 282 g/mol. The van der Waals surface area contributed by atoms with Gasteiger partial charge in [0.1, 0.15) is 11.3 Å². The molecule has 3 aromatic rings. The lowest BCUT2D eigenvalue weighted by molar-refractivity contribution is -0.384. The largest absolute Gasteiger partial charge is 0.505 e. The van der Waals surface area contributed by atoms with E-state index in [1.807, 2.05) is 24.3 Å². The number of nitrogens with one attached hydrogen (secondary N) is 1. The van der Waals surface area contributed by atoms with E-state index < -0.39 is 4.92 Å². The van der Waals surface area contributed by atoms with Crippen LogP contribution in [0.25, 0.3) is 10.9 Å². The molecule has 6 nitrogen and oxygen atoms in total. The van der Waals surface area contributed by atoms with Crippen LogP contribution in [0, 0.1) is 10.1 Å². The Kier molecular flexibility index (Phi) is 3.57. The molecule has 0 saturated heterocycles. The maximum absolute atomic E-state index is 10.6. The molecule has 2 N–H and O–H groups in total. The van der Waals surface area contributed by atoms with Gasteiger partial charge in [0.15, 0.2) is 0 Å². The minimum Gasteiger partial charge on any atom is -0.505 e. The molecule has 22 heavy (non-hydrogen) atoms. The van der Waals surface area contributed by atoms with Crippen molar-refractivity contribution in [3.63, 3.8) is 0 Å². The lowest BCUT2D eigenvalue weighted by Gasteiger charge is -2.09. The number of hydrogen-bond donors (Lipinski definition) is 2. The van der Waals surface area contributed by atoms with Crippen LogP contribution >= 0.6 is 0 Å². The lowest BCUT2D eigenvalue weighted by atomic mass is 10.1. The van der Waals surface area contributed by atoms with Gasteiger partial charge in [-0.15, -0.1) is 0 Å². The number of nitrogens with zero attached hydrogens (tertiary/aromatic N) is 2. The molecule has 6 heteroatoms. The molecule has 0 radical (unpaired) electrons. The van der Waals surface area contributed by atoms with Gasteiger partial charge in [-0.25, -0.2) is 0 Å². The zero-order valence-corrected chi connectivity index (χ0v) is 11.6. The zero-order valence-electron chi connectivity index (χ0n) is 11.6. The summed E-state index contributed by atoms with van der Waals surface area (Å²) in [6, 6.07) is 13.6. The molecule has 0 spiro atoms. The van der Waals surface area contributed by atoms with Crippen molar-refractivity contribution in [2.24, 2.45) is 0 Å². The van der Waals surface area contributed by atoms with Crippen molar-refractivity contribution in [2.45, 2.75) is 6.54 Å². The molecule has 0 aliphatic rings. The smallest absolute Gasteiger partial charge is 0.269 e. The SMILES string of the molecule is O=[N+]([O-])c1ccc(NCc2ccc3cccnc3c2O)cc1. The molecule has 0 atom stereocenters. The molecule has 0 unspecified atom stereocenters. The van der Waals surface area contributed by atoms with Crippen LogP contribution in [0.1, 0.15) is 5.56 Å². The van der Waals surface area contributed by atoms with Gasteiger partial charge < -0.3 is 10.4 Å². The number of fused-ring (bicyclic) bond motifs is 1. The second kappa shape index (κ2) is 5.69. The van der Waals surface area contributed by atoms with Crippen molar-refractivity contribution in [1.82, 2.24) is 4.98 Å². The highest BCUT2D eigenvalue weighted by Crippen LogP contribution is 2.27. The number of phenols is 1. The number of hydrogen-bond acceptors (Lipinski definition) is 5. The molecule has 0 aliphatic heterocycles. The van der Waals surface area contributed by atoms with E-state index in [9.17, 15) is 15.2 Å². The number of rotatable bonds is 4. The Labute approximate surface area is 126 Å². The third-order valence-corrected chi connectivity index (χ3v) is 3.39. The summed E-state index contributed by atoms with van der Waals surface area (Å²) in [4.78, 5) is 14.3. The Morgan fingerprint density at radius 3 is 2.64 bits per heavy atom. The van der Waals surface area contributed by atoms with E-state index in [2.05, 4.69) is 10.3 Å². The molecule has 0 aliphatic carbocycles. The summed E-state index contributed by atoms with van der Waals surface area (Å²) in [7, 11) is 0. The van der Waals surface area contributed by atoms with Crippen molar-refractivity contribution < 1.29 is 10.0 Å².